The number of amides is 2. The van der Waals surface area contributed by atoms with Gasteiger partial charge < -0.3 is 40.5 Å². The van der Waals surface area contributed by atoms with Crippen LogP contribution in [-0.4, -0.2) is 99.5 Å². The zero-order valence-electron chi connectivity index (χ0n) is 21.6. The highest BCUT2D eigenvalue weighted by Crippen LogP contribution is 2.32. The molecule has 0 saturated carbocycles. The van der Waals surface area contributed by atoms with E-state index in [0.717, 1.165) is 23.9 Å². The summed E-state index contributed by atoms with van der Waals surface area (Å²) < 4.78 is 11.5. The van der Waals surface area contributed by atoms with Crippen molar-refractivity contribution in [3.05, 3.63) is 12.2 Å². The molecular formula is C24H40N2O10S. The lowest BCUT2D eigenvalue weighted by Crippen LogP contribution is -2.54. The maximum Gasteiger partial charge on any atom is 0.328 e. The molecule has 6 N–H and O–H groups in total. The molecule has 0 aromatic carbocycles. The van der Waals surface area contributed by atoms with Gasteiger partial charge in [0.1, 0.15) is 6.10 Å². The molecule has 5 atom stereocenters. The number of aliphatic carboxylic acids is 1. The molecule has 2 amide bonds. The fraction of sp³-hybridized carbons (Fsp3) is 0.750. The van der Waals surface area contributed by atoms with Crippen LogP contribution in [0.3, 0.4) is 0 Å². The number of carbonyl (C=O) groups excluding carboxylic acids is 3. The van der Waals surface area contributed by atoms with Gasteiger partial charge in [0.25, 0.3) is 0 Å². The van der Waals surface area contributed by atoms with Crippen LogP contribution in [0.4, 0.5) is 0 Å². The highest BCUT2D eigenvalue weighted by Gasteiger charge is 2.43. The number of thioether (sulfide) groups is 1. The Labute approximate surface area is 221 Å². The Kier molecular flexibility index (Phi) is 14.9. The van der Waals surface area contributed by atoms with Gasteiger partial charge >= 0.3 is 5.97 Å². The number of nitrogens with one attached hydrogen (secondary N) is 2. The van der Waals surface area contributed by atoms with Crippen molar-refractivity contribution in [2.75, 3.05) is 25.4 Å². The van der Waals surface area contributed by atoms with Crippen molar-refractivity contribution in [3.8, 4) is 0 Å². The second-order valence-corrected chi connectivity index (χ2v) is 10.7. The number of hydrogen-bond acceptors (Lipinski definition) is 10. The van der Waals surface area contributed by atoms with E-state index in [1.54, 1.807) is 20.8 Å². The lowest BCUT2D eigenvalue weighted by atomic mass is 9.85. The van der Waals surface area contributed by atoms with Gasteiger partial charge in [-0.05, 0) is 25.3 Å². The minimum atomic E-state index is -1.22. The summed E-state index contributed by atoms with van der Waals surface area (Å²) in [5, 5.41) is 43.3. The third-order valence-corrected chi connectivity index (χ3v) is 6.41. The summed E-state index contributed by atoms with van der Waals surface area (Å²) in [7, 11) is 0. The van der Waals surface area contributed by atoms with Crippen molar-refractivity contribution >= 4 is 34.7 Å². The molecule has 1 rings (SSSR count). The number of carboxylic acids is 1. The van der Waals surface area contributed by atoms with Crippen LogP contribution in [0.2, 0.25) is 0 Å². The largest absolute Gasteiger partial charge is 0.478 e. The molecule has 1 aliphatic rings. The molecule has 212 valence electrons. The van der Waals surface area contributed by atoms with E-state index < -0.39 is 53.1 Å². The minimum absolute atomic E-state index is 0.0105. The minimum Gasteiger partial charge on any atom is -0.478 e. The predicted molar refractivity (Wildman–Crippen MR) is 135 cm³/mol. The Morgan fingerprint density at radius 1 is 1.03 bits per heavy atom. The fourth-order valence-corrected chi connectivity index (χ4v) is 4.09. The average molecular weight is 549 g/mol. The van der Waals surface area contributed by atoms with Crippen molar-refractivity contribution in [2.45, 2.75) is 83.6 Å². The van der Waals surface area contributed by atoms with E-state index in [1.165, 1.54) is 0 Å². The second-order valence-electron chi connectivity index (χ2n) is 9.55. The molecule has 12 nitrogen and oxygen atoms in total. The van der Waals surface area contributed by atoms with Crippen LogP contribution in [0.25, 0.3) is 0 Å². The number of aliphatic hydroxyl groups is 3. The molecule has 1 saturated heterocycles. The van der Waals surface area contributed by atoms with E-state index >= 15 is 0 Å². The van der Waals surface area contributed by atoms with Crippen LogP contribution in [0, 0.1) is 5.41 Å². The Hall–Kier alpha value is -2.03. The first kappa shape index (κ1) is 33.0. The first-order chi connectivity index (χ1) is 17.3. The lowest BCUT2D eigenvalue weighted by molar-refractivity contribution is -0.261. The Balaban J connectivity index is 2.39. The molecule has 0 aromatic rings. The maximum atomic E-state index is 12.8. The van der Waals surface area contributed by atoms with Crippen LogP contribution in [0.15, 0.2) is 12.2 Å². The van der Waals surface area contributed by atoms with Gasteiger partial charge in [-0.15, -0.1) is 0 Å². The van der Waals surface area contributed by atoms with Gasteiger partial charge in [-0.3, -0.25) is 14.4 Å². The Bertz CT molecular complexity index is 791. The smallest absolute Gasteiger partial charge is 0.328 e. The molecular weight excluding hydrogens is 508 g/mol. The third-order valence-electron chi connectivity index (χ3n) is 5.58. The average Bonchev–Trinajstić information content (AvgIpc) is 2.81. The highest BCUT2D eigenvalue weighted by atomic mass is 32.2. The number of aliphatic hydroxyl groups excluding tert-OH is 3. The number of carbonyl (C=O) groups is 4. The topological polar surface area (TPSA) is 192 Å². The zero-order valence-corrected chi connectivity index (χ0v) is 22.4. The van der Waals surface area contributed by atoms with Gasteiger partial charge in [0.05, 0.1) is 24.9 Å². The zero-order chi connectivity index (χ0) is 28.0. The molecule has 0 aromatic heterocycles. The monoisotopic (exact) mass is 548 g/mol. The molecule has 1 heterocycles. The lowest BCUT2D eigenvalue weighted by Gasteiger charge is -2.41. The summed E-state index contributed by atoms with van der Waals surface area (Å²) in [6.45, 7) is 5.88. The van der Waals surface area contributed by atoms with Gasteiger partial charge in [0.15, 0.2) is 6.29 Å². The van der Waals surface area contributed by atoms with Crippen LogP contribution < -0.4 is 10.6 Å². The van der Waals surface area contributed by atoms with E-state index in [0.29, 0.717) is 6.42 Å². The van der Waals surface area contributed by atoms with Crippen molar-refractivity contribution in [3.63, 3.8) is 0 Å². The van der Waals surface area contributed by atoms with Crippen molar-refractivity contribution < 1.29 is 49.1 Å². The highest BCUT2D eigenvalue weighted by molar-refractivity contribution is 8.14. The van der Waals surface area contributed by atoms with Crippen LogP contribution in [-0.2, 0) is 28.7 Å². The van der Waals surface area contributed by atoms with E-state index in [4.69, 9.17) is 14.6 Å². The Morgan fingerprint density at radius 2 is 1.70 bits per heavy atom. The molecule has 1 fully saturated rings. The van der Waals surface area contributed by atoms with Gasteiger partial charge in [-0.2, -0.15) is 0 Å². The van der Waals surface area contributed by atoms with E-state index in [1.807, 2.05) is 0 Å². The van der Waals surface area contributed by atoms with E-state index in [-0.39, 0.29) is 57.0 Å². The predicted octanol–water partition coefficient (Wildman–Crippen LogP) is -0.0598. The first-order valence-corrected chi connectivity index (χ1v) is 13.3. The molecule has 37 heavy (non-hydrogen) atoms. The molecule has 0 spiro atoms. The van der Waals surface area contributed by atoms with Crippen molar-refractivity contribution in [1.82, 2.24) is 10.6 Å². The van der Waals surface area contributed by atoms with Crippen LogP contribution in [0.5, 0.6) is 0 Å². The number of ether oxygens (including phenoxy) is 2. The van der Waals surface area contributed by atoms with Gasteiger partial charge in [-0.25, -0.2) is 4.79 Å². The summed E-state index contributed by atoms with van der Waals surface area (Å²) in [5.74, 6) is -1.69. The summed E-state index contributed by atoms with van der Waals surface area (Å²) in [6, 6.07) is 0. The molecule has 1 aliphatic heterocycles. The van der Waals surface area contributed by atoms with Crippen LogP contribution >= 0.6 is 11.8 Å². The summed E-state index contributed by atoms with van der Waals surface area (Å²) >= 11 is 0.874. The number of carboxylic acid groups (broad SMARTS) is 1. The molecule has 0 radical (unpaired) electrons. The molecule has 0 aliphatic carbocycles. The third kappa shape index (κ3) is 13.9. The van der Waals surface area contributed by atoms with E-state index in [2.05, 4.69) is 10.6 Å². The SMILES string of the molecule is CCC(O)CC(O)CC(O)CC1OCC(C)(C)[C@H](C(=O)NCCC(=O)NCCSC(=O)/C=C/C(=O)O)O1. The van der Waals surface area contributed by atoms with Gasteiger partial charge in [0, 0.05) is 43.2 Å². The standard InChI is InChI=1S/C24H40N2O10S/c1-4-15(27)11-16(28)12-17(29)13-21-35-14-24(2,3)22(36-21)23(34)26-8-7-18(30)25-9-10-37-20(33)6-5-19(31)32/h5-6,15-17,21-22,27-29H,4,7-14H2,1-3H3,(H,25,30)(H,26,34)(H,31,32)/b6-5+/t15?,16?,17?,21?,22-/m0/s1. The first-order valence-electron chi connectivity index (χ1n) is 12.3. The molecule has 0 bridgehead atoms. The quantitative estimate of drug-likeness (QED) is 0.112. The summed E-state index contributed by atoms with van der Waals surface area (Å²) in [4.78, 5) is 46.5. The van der Waals surface area contributed by atoms with E-state index in [9.17, 15) is 34.5 Å². The maximum absolute atomic E-state index is 12.8. The second kappa shape index (κ2) is 16.7. The number of hydrogen-bond donors (Lipinski definition) is 6. The Morgan fingerprint density at radius 3 is 2.35 bits per heavy atom. The fourth-order valence-electron chi connectivity index (χ4n) is 3.52. The van der Waals surface area contributed by atoms with Gasteiger partial charge in [0.2, 0.25) is 16.9 Å². The van der Waals surface area contributed by atoms with Gasteiger partial charge in [-0.1, -0.05) is 32.5 Å². The van der Waals surface area contributed by atoms with Crippen molar-refractivity contribution in [1.29, 1.82) is 0 Å². The normalized spacial score (nSPS) is 21.7. The molecule has 13 heteroatoms. The summed E-state index contributed by atoms with van der Waals surface area (Å²) in [5.41, 5.74) is -0.655. The number of rotatable bonds is 16. The molecule has 4 unspecified atom stereocenters. The van der Waals surface area contributed by atoms with Crippen molar-refractivity contribution in [2.24, 2.45) is 5.41 Å². The van der Waals surface area contributed by atoms with Crippen LogP contribution in [0.1, 0.15) is 52.9 Å². The summed E-state index contributed by atoms with van der Waals surface area (Å²) in [6.07, 6.45) is -1.74.